The van der Waals surface area contributed by atoms with Gasteiger partial charge in [0.05, 0.1) is 23.0 Å². The number of benzene rings is 3. The van der Waals surface area contributed by atoms with Gasteiger partial charge < -0.3 is 9.64 Å². The second-order valence-corrected chi connectivity index (χ2v) is 7.64. The minimum Gasteiger partial charge on any atom is -0.453 e. The summed E-state index contributed by atoms with van der Waals surface area (Å²) in [7, 11) is 1.80. The van der Waals surface area contributed by atoms with Crippen molar-refractivity contribution in [3.8, 4) is 5.75 Å². The first kappa shape index (κ1) is 16.4. The molecule has 0 unspecified atom stereocenters. The average molecular weight is 381 g/mol. The van der Waals surface area contributed by atoms with Crippen molar-refractivity contribution in [3.05, 3.63) is 95.6 Å². The highest BCUT2D eigenvalue weighted by Gasteiger charge is 2.62. The van der Waals surface area contributed by atoms with Crippen LogP contribution in [0.4, 0.5) is 5.69 Å². The lowest BCUT2D eigenvalue weighted by Crippen LogP contribution is -2.56. The molecule has 0 saturated carbocycles. The summed E-state index contributed by atoms with van der Waals surface area (Å²) < 4.78 is 6.52. The Labute approximate surface area is 168 Å². The van der Waals surface area contributed by atoms with Crippen LogP contribution in [-0.4, -0.2) is 23.7 Å². The molecular formula is C24H19N3O2. The molecular weight excluding hydrogens is 362 g/mol. The third-order valence-corrected chi connectivity index (χ3v) is 6.10. The average Bonchev–Trinajstić information content (AvgIpc) is 3.31. The molecule has 0 radical (unpaired) electrons. The van der Waals surface area contributed by atoms with E-state index in [1.165, 1.54) is 0 Å². The third-order valence-electron chi connectivity index (χ3n) is 6.10. The van der Waals surface area contributed by atoms with E-state index in [0.717, 1.165) is 40.3 Å². The van der Waals surface area contributed by atoms with E-state index in [1.54, 1.807) is 11.9 Å². The molecule has 3 aromatic carbocycles. The second-order valence-electron chi connectivity index (χ2n) is 7.64. The van der Waals surface area contributed by atoms with Gasteiger partial charge in [0.25, 0.3) is 5.91 Å². The van der Waals surface area contributed by atoms with E-state index in [9.17, 15) is 4.79 Å². The maximum absolute atomic E-state index is 13.6. The summed E-state index contributed by atoms with van der Waals surface area (Å²) in [5.74, 6) is 0.632. The number of amides is 1. The van der Waals surface area contributed by atoms with Crippen LogP contribution in [0.1, 0.15) is 29.2 Å². The highest BCUT2D eigenvalue weighted by atomic mass is 16.5. The van der Waals surface area contributed by atoms with Gasteiger partial charge in [0.15, 0.2) is 0 Å². The topological polar surface area (TPSA) is 45.1 Å². The molecule has 3 aliphatic heterocycles. The molecule has 2 atom stereocenters. The maximum Gasteiger partial charge on any atom is 0.306 e. The van der Waals surface area contributed by atoms with E-state index in [-0.39, 0.29) is 11.9 Å². The molecule has 0 aromatic heterocycles. The number of rotatable bonds is 1. The number of carbonyl (C=O) groups is 1. The van der Waals surface area contributed by atoms with Gasteiger partial charge in [-0.25, -0.2) is 5.01 Å². The summed E-state index contributed by atoms with van der Waals surface area (Å²) in [6.45, 7) is 0. The standard InChI is InChI=1S/C24H19N3O2/c1-26-20-13-7-6-12-18(20)24(23(26)28)27-21(17-11-5-8-14-22(17)29-24)15-19(25-27)16-9-3-2-4-10-16/h2-14,21H,15H2,1H3/t21-,24+/m0/s1. The number of hydrazone groups is 1. The van der Waals surface area contributed by atoms with Crippen LogP contribution in [-0.2, 0) is 10.5 Å². The van der Waals surface area contributed by atoms with E-state index in [2.05, 4.69) is 18.2 Å². The van der Waals surface area contributed by atoms with Crippen molar-refractivity contribution in [2.45, 2.75) is 18.2 Å². The van der Waals surface area contributed by atoms with Gasteiger partial charge in [0.2, 0.25) is 0 Å². The molecule has 29 heavy (non-hydrogen) atoms. The van der Waals surface area contributed by atoms with Gasteiger partial charge in [0, 0.05) is 19.0 Å². The van der Waals surface area contributed by atoms with E-state index in [1.807, 2.05) is 65.7 Å². The summed E-state index contributed by atoms with van der Waals surface area (Å²) >= 11 is 0. The Bertz CT molecular complexity index is 1170. The largest absolute Gasteiger partial charge is 0.453 e. The van der Waals surface area contributed by atoms with Gasteiger partial charge in [-0.3, -0.25) is 4.79 Å². The van der Waals surface area contributed by atoms with E-state index < -0.39 is 5.72 Å². The molecule has 1 amide bonds. The Morgan fingerprint density at radius 1 is 0.966 bits per heavy atom. The van der Waals surface area contributed by atoms with E-state index in [0.29, 0.717) is 0 Å². The van der Waals surface area contributed by atoms with E-state index >= 15 is 0 Å². The molecule has 3 aromatic rings. The van der Waals surface area contributed by atoms with Gasteiger partial charge in [-0.2, -0.15) is 5.10 Å². The SMILES string of the molecule is CN1C(=O)[C@]2(Oc3ccccc3[C@@H]3CC(c4ccccc4)=NN32)c2ccccc21. The minimum absolute atomic E-state index is 0.0568. The predicted octanol–water partition coefficient (Wildman–Crippen LogP) is 4.06. The lowest BCUT2D eigenvalue weighted by molar-refractivity contribution is -0.163. The lowest BCUT2D eigenvalue weighted by Gasteiger charge is -2.44. The molecule has 142 valence electrons. The van der Waals surface area contributed by atoms with Gasteiger partial charge in [-0.15, -0.1) is 0 Å². The molecule has 5 nitrogen and oxygen atoms in total. The maximum atomic E-state index is 13.6. The first-order chi connectivity index (χ1) is 14.2. The number of hydrogen-bond acceptors (Lipinski definition) is 4. The third kappa shape index (κ3) is 2.04. The molecule has 3 aliphatic rings. The number of hydrogen-bond donors (Lipinski definition) is 0. The van der Waals surface area contributed by atoms with Crippen molar-refractivity contribution in [3.63, 3.8) is 0 Å². The number of likely N-dealkylation sites (N-methyl/N-ethyl adjacent to an activating group) is 1. The molecule has 1 spiro atoms. The van der Waals surface area contributed by atoms with Crippen LogP contribution in [0.15, 0.2) is 84.0 Å². The van der Waals surface area contributed by atoms with Crippen LogP contribution in [0, 0.1) is 0 Å². The number of carbonyl (C=O) groups excluding carboxylic acids is 1. The number of anilines is 1. The fourth-order valence-corrected chi connectivity index (χ4v) is 4.73. The Balaban J connectivity index is 1.60. The van der Waals surface area contributed by atoms with Crippen molar-refractivity contribution in [2.75, 3.05) is 11.9 Å². The van der Waals surface area contributed by atoms with Crippen molar-refractivity contribution >= 4 is 17.3 Å². The normalized spacial score (nSPS) is 24.1. The number of para-hydroxylation sites is 2. The lowest BCUT2D eigenvalue weighted by atomic mass is 9.92. The monoisotopic (exact) mass is 381 g/mol. The van der Waals surface area contributed by atoms with Crippen LogP contribution >= 0.6 is 0 Å². The second kappa shape index (κ2) is 5.70. The fraction of sp³-hybridized carbons (Fsp3) is 0.167. The Morgan fingerprint density at radius 3 is 2.55 bits per heavy atom. The molecule has 5 heteroatoms. The van der Waals surface area contributed by atoms with Crippen LogP contribution in [0.25, 0.3) is 0 Å². The van der Waals surface area contributed by atoms with Crippen molar-refractivity contribution in [1.29, 1.82) is 0 Å². The van der Waals surface area contributed by atoms with Gasteiger partial charge >= 0.3 is 5.72 Å². The number of ether oxygens (including phenoxy) is 1. The van der Waals surface area contributed by atoms with Crippen LogP contribution in [0.5, 0.6) is 5.75 Å². The molecule has 0 fully saturated rings. The molecule has 0 N–H and O–H groups in total. The van der Waals surface area contributed by atoms with Crippen LogP contribution < -0.4 is 9.64 Å². The fourth-order valence-electron chi connectivity index (χ4n) is 4.73. The summed E-state index contributed by atoms with van der Waals surface area (Å²) in [5, 5.41) is 6.87. The molecule has 6 rings (SSSR count). The summed E-state index contributed by atoms with van der Waals surface area (Å²) in [5.41, 5.74) is 3.52. The smallest absolute Gasteiger partial charge is 0.306 e. The molecule has 3 heterocycles. The zero-order chi connectivity index (χ0) is 19.6. The number of fused-ring (bicyclic) bond motifs is 6. The van der Waals surface area contributed by atoms with E-state index in [4.69, 9.17) is 9.84 Å². The number of nitrogens with zero attached hydrogens (tertiary/aromatic N) is 3. The summed E-state index contributed by atoms with van der Waals surface area (Å²) in [6.07, 6.45) is 0.727. The summed E-state index contributed by atoms with van der Waals surface area (Å²) in [6, 6.07) is 25.9. The first-order valence-electron chi connectivity index (χ1n) is 9.78. The summed E-state index contributed by atoms with van der Waals surface area (Å²) in [4.78, 5) is 15.3. The first-order valence-corrected chi connectivity index (χ1v) is 9.78. The minimum atomic E-state index is -1.28. The Kier molecular flexibility index (Phi) is 3.22. The van der Waals surface area contributed by atoms with Gasteiger partial charge in [0.1, 0.15) is 5.75 Å². The Morgan fingerprint density at radius 2 is 1.69 bits per heavy atom. The quantitative estimate of drug-likeness (QED) is 0.639. The van der Waals surface area contributed by atoms with Crippen LogP contribution in [0.3, 0.4) is 0 Å². The zero-order valence-corrected chi connectivity index (χ0v) is 15.9. The van der Waals surface area contributed by atoms with Crippen LogP contribution in [0.2, 0.25) is 0 Å². The predicted molar refractivity (Wildman–Crippen MR) is 111 cm³/mol. The van der Waals surface area contributed by atoms with Crippen molar-refractivity contribution in [2.24, 2.45) is 5.10 Å². The highest BCUT2D eigenvalue weighted by molar-refractivity contribution is 6.08. The van der Waals surface area contributed by atoms with Crippen molar-refractivity contribution in [1.82, 2.24) is 5.01 Å². The van der Waals surface area contributed by atoms with Gasteiger partial charge in [-0.05, 0) is 17.7 Å². The molecule has 0 bridgehead atoms. The zero-order valence-electron chi connectivity index (χ0n) is 15.9. The Hall–Kier alpha value is -3.60. The molecule has 0 aliphatic carbocycles. The van der Waals surface area contributed by atoms with Crippen molar-refractivity contribution < 1.29 is 9.53 Å². The molecule has 0 saturated heterocycles. The highest BCUT2D eigenvalue weighted by Crippen LogP contribution is 2.55. The van der Waals surface area contributed by atoms with Gasteiger partial charge in [-0.1, -0.05) is 66.7 Å².